The van der Waals surface area contributed by atoms with E-state index in [1.54, 1.807) is 27.7 Å². The number of guanidine groups is 1. The van der Waals surface area contributed by atoms with E-state index >= 15 is 0 Å². The van der Waals surface area contributed by atoms with Gasteiger partial charge in [-0.1, -0.05) is 27.7 Å². The molecule has 14 heteroatoms. The molecule has 0 aliphatic rings. The number of hydrogen-bond acceptors (Lipinski definition) is 7. The lowest BCUT2D eigenvalue weighted by Crippen LogP contribution is -2.57. The smallest absolute Gasteiger partial charge is 0.326 e. The molecule has 0 fully saturated rings. The van der Waals surface area contributed by atoms with Crippen LogP contribution in [0.3, 0.4) is 0 Å². The Balaban J connectivity index is 5.68. The van der Waals surface area contributed by atoms with Gasteiger partial charge in [-0.05, 0) is 37.5 Å². The molecule has 0 aromatic carbocycles. The summed E-state index contributed by atoms with van der Waals surface area (Å²) in [6.07, 6.45) is -0.218. The molecule has 0 radical (unpaired) electrons. The van der Waals surface area contributed by atoms with Crippen LogP contribution in [0.25, 0.3) is 0 Å². The van der Waals surface area contributed by atoms with Gasteiger partial charge in [0.2, 0.25) is 17.7 Å². The van der Waals surface area contributed by atoms with Crippen molar-refractivity contribution in [2.75, 3.05) is 6.54 Å². The molecule has 206 valence electrons. The van der Waals surface area contributed by atoms with E-state index in [-0.39, 0.29) is 43.6 Å². The minimum atomic E-state index is -1.35. The van der Waals surface area contributed by atoms with Crippen molar-refractivity contribution in [3.63, 3.8) is 0 Å². The Labute approximate surface area is 210 Å². The van der Waals surface area contributed by atoms with E-state index < -0.39 is 60.2 Å². The predicted molar refractivity (Wildman–Crippen MR) is 132 cm³/mol. The number of nitrogens with two attached hydrogens (primary N) is 3. The number of carbonyl (C=O) groups is 5. The van der Waals surface area contributed by atoms with E-state index in [0.717, 1.165) is 0 Å². The number of carbonyl (C=O) groups excluding carboxylic acids is 3. The van der Waals surface area contributed by atoms with E-state index in [9.17, 15) is 29.1 Å². The predicted octanol–water partition coefficient (Wildman–Crippen LogP) is -1.53. The molecule has 0 saturated carbocycles. The number of nitrogens with one attached hydrogen (secondary N) is 3. The van der Waals surface area contributed by atoms with Gasteiger partial charge < -0.3 is 43.4 Å². The molecule has 0 spiro atoms. The van der Waals surface area contributed by atoms with Crippen molar-refractivity contribution < 1.29 is 34.2 Å². The van der Waals surface area contributed by atoms with Gasteiger partial charge >= 0.3 is 11.9 Å². The van der Waals surface area contributed by atoms with Gasteiger partial charge in [-0.3, -0.25) is 24.2 Å². The standard InChI is InChI=1S/C22H41N7O7/c1-11(2)10-15(21(35)36)29-19(33)14(7-8-16(30)31)27-18(32)13(6-5-9-26-22(24)25)28-20(34)17(23)12(3)4/h11-15,17H,5-10,23H2,1-4H3,(H,27,32)(H,28,34)(H,29,33)(H,30,31)(H,35,36)(H4,24,25,26). The molecule has 4 unspecified atom stereocenters. The molecule has 0 aliphatic heterocycles. The van der Waals surface area contributed by atoms with Crippen LogP contribution in [0.4, 0.5) is 0 Å². The van der Waals surface area contributed by atoms with Crippen LogP contribution < -0.4 is 33.2 Å². The number of carboxylic acid groups (broad SMARTS) is 2. The second kappa shape index (κ2) is 16.3. The number of amides is 3. The molecule has 0 rings (SSSR count). The first-order valence-corrected chi connectivity index (χ1v) is 11.8. The first kappa shape index (κ1) is 32.6. The summed E-state index contributed by atoms with van der Waals surface area (Å²) in [4.78, 5) is 64.8. The Morgan fingerprint density at radius 1 is 0.806 bits per heavy atom. The first-order chi connectivity index (χ1) is 16.6. The Hall–Kier alpha value is -3.42. The van der Waals surface area contributed by atoms with Gasteiger partial charge in [0.15, 0.2) is 5.96 Å². The highest BCUT2D eigenvalue weighted by Crippen LogP contribution is 2.08. The first-order valence-electron chi connectivity index (χ1n) is 11.8. The van der Waals surface area contributed by atoms with Crippen LogP contribution in [-0.4, -0.2) is 76.5 Å². The van der Waals surface area contributed by atoms with Crippen molar-refractivity contribution in [2.45, 2.75) is 84.0 Å². The lowest BCUT2D eigenvalue weighted by atomic mass is 10.0. The quantitative estimate of drug-likeness (QED) is 0.0630. The average Bonchev–Trinajstić information content (AvgIpc) is 2.76. The van der Waals surface area contributed by atoms with Crippen LogP contribution in [0.5, 0.6) is 0 Å². The largest absolute Gasteiger partial charge is 0.481 e. The maximum Gasteiger partial charge on any atom is 0.326 e. The van der Waals surface area contributed by atoms with Gasteiger partial charge in [0.25, 0.3) is 0 Å². The Morgan fingerprint density at radius 2 is 1.31 bits per heavy atom. The van der Waals surface area contributed by atoms with Crippen molar-refractivity contribution in [3.05, 3.63) is 0 Å². The summed E-state index contributed by atoms with van der Waals surface area (Å²) in [6.45, 7) is 7.21. The SMILES string of the molecule is CC(C)CC(NC(=O)C(CCC(=O)O)NC(=O)C(CCCN=C(N)N)NC(=O)C(N)C(C)C)C(=O)O. The van der Waals surface area contributed by atoms with Crippen molar-refractivity contribution in [1.29, 1.82) is 0 Å². The molecule has 0 heterocycles. The zero-order valence-electron chi connectivity index (χ0n) is 21.3. The number of aliphatic carboxylic acids is 2. The number of aliphatic imine (C=N–C) groups is 1. The number of hydrogen-bond donors (Lipinski definition) is 8. The second-order valence-electron chi connectivity index (χ2n) is 9.30. The zero-order chi connectivity index (χ0) is 28.0. The van der Waals surface area contributed by atoms with E-state index in [4.69, 9.17) is 22.3 Å². The maximum absolute atomic E-state index is 13.1. The molecule has 0 saturated heterocycles. The van der Waals surface area contributed by atoms with Gasteiger partial charge in [-0.2, -0.15) is 0 Å². The summed E-state index contributed by atoms with van der Waals surface area (Å²) in [7, 11) is 0. The van der Waals surface area contributed by atoms with Crippen LogP contribution >= 0.6 is 0 Å². The summed E-state index contributed by atoms with van der Waals surface area (Å²) in [6, 6.07) is -4.58. The van der Waals surface area contributed by atoms with E-state index in [0.29, 0.717) is 6.42 Å². The van der Waals surface area contributed by atoms with Gasteiger partial charge in [-0.15, -0.1) is 0 Å². The molecular weight excluding hydrogens is 474 g/mol. The van der Waals surface area contributed by atoms with Gasteiger partial charge in [0.05, 0.1) is 6.04 Å². The third-order valence-electron chi connectivity index (χ3n) is 5.20. The van der Waals surface area contributed by atoms with Crippen LogP contribution in [0.1, 0.15) is 59.8 Å². The molecule has 0 bridgehead atoms. The topological polar surface area (TPSA) is 252 Å². The molecule has 11 N–H and O–H groups in total. The molecule has 3 amide bonds. The normalized spacial score (nSPS) is 14.3. The molecule has 0 aliphatic carbocycles. The summed E-state index contributed by atoms with van der Waals surface area (Å²) >= 11 is 0. The average molecular weight is 516 g/mol. The fraction of sp³-hybridized carbons (Fsp3) is 0.727. The van der Waals surface area contributed by atoms with Gasteiger partial charge in [0.1, 0.15) is 18.1 Å². The highest BCUT2D eigenvalue weighted by atomic mass is 16.4. The minimum absolute atomic E-state index is 0.0477. The van der Waals surface area contributed by atoms with Crippen LogP contribution in [0.2, 0.25) is 0 Å². The summed E-state index contributed by atoms with van der Waals surface area (Å²) < 4.78 is 0. The van der Waals surface area contributed by atoms with E-state index in [1.165, 1.54) is 0 Å². The van der Waals surface area contributed by atoms with Crippen molar-refractivity contribution in [3.8, 4) is 0 Å². The molecule has 14 nitrogen and oxygen atoms in total. The molecule has 4 atom stereocenters. The van der Waals surface area contributed by atoms with E-state index in [2.05, 4.69) is 20.9 Å². The zero-order valence-corrected chi connectivity index (χ0v) is 21.3. The van der Waals surface area contributed by atoms with Crippen molar-refractivity contribution in [1.82, 2.24) is 16.0 Å². The van der Waals surface area contributed by atoms with Crippen LogP contribution in [-0.2, 0) is 24.0 Å². The lowest BCUT2D eigenvalue weighted by molar-refractivity contribution is -0.143. The summed E-state index contributed by atoms with van der Waals surface area (Å²) in [5.74, 6) is -5.04. The molecule has 36 heavy (non-hydrogen) atoms. The van der Waals surface area contributed by atoms with Gasteiger partial charge in [-0.25, -0.2) is 4.79 Å². The summed E-state index contributed by atoms with van der Waals surface area (Å²) in [5, 5.41) is 25.8. The Bertz CT molecular complexity index is 798. The summed E-state index contributed by atoms with van der Waals surface area (Å²) in [5.41, 5.74) is 16.5. The second-order valence-corrected chi connectivity index (χ2v) is 9.30. The Morgan fingerprint density at radius 3 is 1.75 bits per heavy atom. The number of carboxylic acids is 2. The highest BCUT2D eigenvalue weighted by molar-refractivity contribution is 5.94. The number of nitrogens with zero attached hydrogens (tertiary/aromatic N) is 1. The van der Waals surface area contributed by atoms with Crippen LogP contribution in [0, 0.1) is 11.8 Å². The highest BCUT2D eigenvalue weighted by Gasteiger charge is 2.31. The maximum atomic E-state index is 13.1. The monoisotopic (exact) mass is 515 g/mol. The third-order valence-corrected chi connectivity index (χ3v) is 5.20. The van der Waals surface area contributed by atoms with Gasteiger partial charge in [0, 0.05) is 13.0 Å². The lowest BCUT2D eigenvalue weighted by Gasteiger charge is -2.26. The molecular formula is C22H41N7O7. The molecule has 0 aromatic heterocycles. The van der Waals surface area contributed by atoms with Crippen molar-refractivity contribution in [2.24, 2.45) is 34.0 Å². The third kappa shape index (κ3) is 13.5. The number of rotatable bonds is 17. The van der Waals surface area contributed by atoms with Crippen LogP contribution in [0.15, 0.2) is 4.99 Å². The fourth-order valence-electron chi connectivity index (χ4n) is 3.12. The van der Waals surface area contributed by atoms with Crippen molar-refractivity contribution >= 4 is 35.6 Å². The fourth-order valence-corrected chi connectivity index (χ4v) is 3.12. The van der Waals surface area contributed by atoms with E-state index in [1.807, 2.05) is 0 Å². The Kier molecular flexibility index (Phi) is 14.7. The molecule has 0 aromatic rings. The minimum Gasteiger partial charge on any atom is -0.481 e.